The Balaban J connectivity index is 2.67. The van der Waals surface area contributed by atoms with E-state index in [1.165, 1.54) is 17.5 Å². The molecule has 0 saturated heterocycles. The van der Waals surface area contributed by atoms with E-state index in [9.17, 15) is 0 Å². The Hall–Kier alpha value is -0.820. The van der Waals surface area contributed by atoms with Crippen LogP contribution in [0.5, 0.6) is 0 Å². The quantitative estimate of drug-likeness (QED) is 0.663. The zero-order valence-corrected chi connectivity index (χ0v) is 7.55. The predicted molar refractivity (Wildman–Crippen MR) is 50.6 cm³/mol. The maximum Gasteiger partial charge on any atom is 0.0718 e. The molecule has 0 N–H and O–H groups in total. The molecule has 1 aromatic carbocycles. The van der Waals surface area contributed by atoms with Gasteiger partial charge in [0.2, 0.25) is 0 Å². The Morgan fingerprint density at radius 1 is 1.33 bits per heavy atom. The second-order valence-corrected chi connectivity index (χ2v) is 2.92. The molecule has 0 aliphatic heterocycles. The first kappa shape index (κ1) is 9.27. The minimum absolute atomic E-state index is 0.609. The maximum absolute atomic E-state index is 4.81. The van der Waals surface area contributed by atoms with Crippen LogP contribution in [0.1, 0.15) is 24.5 Å². The lowest BCUT2D eigenvalue weighted by Crippen LogP contribution is -1.89. The smallest absolute Gasteiger partial charge is 0.0718 e. The monoisotopic (exact) mass is 163 g/mol. The first-order chi connectivity index (χ1) is 5.86. The molecular formula is C11H15O. The normalized spacial score (nSPS) is 10.2. The van der Waals surface area contributed by atoms with Crippen molar-refractivity contribution in [2.45, 2.75) is 26.4 Å². The van der Waals surface area contributed by atoms with Gasteiger partial charge in [-0.05, 0) is 17.5 Å². The van der Waals surface area contributed by atoms with E-state index in [0.717, 1.165) is 6.42 Å². The van der Waals surface area contributed by atoms with Gasteiger partial charge in [0.25, 0.3) is 0 Å². The van der Waals surface area contributed by atoms with Crippen LogP contribution in [-0.4, -0.2) is 0 Å². The van der Waals surface area contributed by atoms with Gasteiger partial charge in [0, 0.05) is 0 Å². The molecular weight excluding hydrogens is 148 g/mol. The van der Waals surface area contributed by atoms with Crippen molar-refractivity contribution in [2.24, 2.45) is 0 Å². The third-order valence-corrected chi connectivity index (χ3v) is 1.80. The van der Waals surface area contributed by atoms with Crippen LogP contribution in [0, 0.1) is 7.11 Å². The van der Waals surface area contributed by atoms with Crippen LogP contribution in [0.3, 0.4) is 0 Å². The Bertz CT molecular complexity index is 209. The molecule has 0 spiro atoms. The average molecular weight is 163 g/mol. The molecule has 1 heteroatoms. The maximum atomic E-state index is 4.81. The van der Waals surface area contributed by atoms with Gasteiger partial charge in [0.1, 0.15) is 0 Å². The van der Waals surface area contributed by atoms with E-state index in [2.05, 4.69) is 38.3 Å². The van der Waals surface area contributed by atoms with Crippen LogP contribution >= 0.6 is 0 Å². The molecule has 0 aromatic heterocycles. The first-order valence-electron chi connectivity index (χ1n) is 4.31. The van der Waals surface area contributed by atoms with Crippen molar-refractivity contribution < 1.29 is 4.74 Å². The summed E-state index contributed by atoms with van der Waals surface area (Å²) in [5.41, 5.74) is 2.59. The summed E-state index contributed by atoms with van der Waals surface area (Å²) in [6, 6.07) is 8.45. The van der Waals surface area contributed by atoms with Crippen LogP contribution in [0.4, 0.5) is 0 Å². The standard InChI is InChI=1S/C11H15O/c1-3-5-10-6-4-7-11(8-10)9-12-2/h4,6-8H,2-3,5,9H2,1H3. The molecule has 0 aliphatic carbocycles. The zero-order valence-electron chi connectivity index (χ0n) is 7.55. The number of benzene rings is 1. The molecule has 1 rings (SSSR count). The summed E-state index contributed by atoms with van der Waals surface area (Å²) >= 11 is 0. The fraction of sp³-hybridized carbons (Fsp3) is 0.364. The molecule has 0 saturated carbocycles. The van der Waals surface area contributed by atoms with Crippen molar-refractivity contribution in [3.8, 4) is 0 Å². The topological polar surface area (TPSA) is 9.23 Å². The Morgan fingerprint density at radius 3 is 2.75 bits per heavy atom. The summed E-state index contributed by atoms with van der Waals surface area (Å²) in [7, 11) is 3.36. The van der Waals surface area contributed by atoms with Crippen molar-refractivity contribution in [1.29, 1.82) is 0 Å². The fourth-order valence-electron chi connectivity index (χ4n) is 1.28. The molecule has 0 atom stereocenters. The minimum Gasteiger partial charge on any atom is -0.374 e. The molecule has 1 aromatic rings. The van der Waals surface area contributed by atoms with Gasteiger partial charge in [0.15, 0.2) is 0 Å². The van der Waals surface area contributed by atoms with Gasteiger partial charge in [-0.1, -0.05) is 37.6 Å². The van der Waals surface area contributed by atoms with Gasteiger partial charge in [-0.2, -0.15) is 0 Å². The molecule has 0 fully saturated rings. The third-order valence-electron chi connectivity index (χ3n) is 1.80. The van der Waals surface area contributed by atoms with Gasteiger partial charge in [0.05, 0.1) is 13.7 Å². The molecule has 1 radical (unpaired) electrons. The van der Waals surface area contributed by atoms with Crippen molar-refractivity contribution in [3.63, 3.8) is 0 Å². The summed E-state index contributed by atoms with van der Waals surface area (Å²) in [6.45, 7) is 2.79. The van der Waals surface area contributed by atoms with Gasteiger partial charge >= 0.3 is 0 Å². The largest absolute Gasteiger partial charge is 0.374 e. The Kier molecular flexibility index (Phi) is 3.81. The highest BCUT2D eigenvalue weighted by Gasteiger charge is 1.93. The number of aryl methyl sites for hydroxylation is 1. The molecule has 65 valence electrons. The number of hydrogen-bond donors (Lipinski definition) is 0. The van der Waals surface area contributed by atoms with E-state index in [1.807, 2.05) is 0 Å². The summed E-state index contributed by atoms with van der Waals surface area (Å²) in [4.78, 5) is 0. The lowest BCUT2D eigenvalue weighted by molar-refractivity contribution is 0.229. The van der Waals surface area contributed by atoms with E-state index in [-0.39, 0.29) is 0 Å². The lowest BCUT2D eigenvalue weighted by atomic mass is 10.1. The number of hydrogen-bond acceptors (Lipinski definition) is 1. The molecule has 1 nitrogen and oxygen atoms in total. The Labute approximate surface area is 74.4 Å². The summed E-state index contributed by atoms with van der Waals surface area (Å²) in [6.07, 6.45) is 2.33. The molecule has 0 aliphatic rings. The fourth-order valence-corrected chi connectivity index (χ4v) is 1.28. The highest BCUT2D eigenvalue weighted by Crippen LogP contribution is 2.08. The van der Waals surface area contributed by atoms with Gasteiger partial charge in [-0.3, -0.25) is 0 Å². The first-order valence-corrected chi connectivity index (χ1v) is 4.31. The van der Waals surface area contributed by atoms with Crippen molar-refractivity contribution in [2.75, 3.05) is 0 Å². The highest BCUT2D eigenvalue weighted by molar-refractivity contribution is 5.22. The Morgan fingerprint density at radius 2 is 2.08 bits per heavy atom. The van der Waals surface area contributed by atoms with E-state index in [0.29, 0.717) is 6.61 Å². The van der Waals surface area contributed by atoms with E-state index < -0.39 is 0 Å². The summed E-state index contributed by atoms with van der Waals surface area (Å²) in [5, 5.41) is 0. The van der Waals surface area contributed by atoms with Gasteiger partial charge in [-0.25, -0.2) is 0 Å². The number of ether oxygens (including phenoxy) is 1. The summed E-state index contributed by atoms with van der Waals surface area (Å²) < 4.78 is 4.81. The van der Waals surface area contributed by atoms with Crippen LogP contribution in [0.25, 0.3) is 0 Å². The molecule has 0 heterocycles. The molecule has 12 heavy (non-hydrogen) atoms. The van der Waals surface area contributed by atoms with Crippen molar-refractivity contribution in [1.82, 2.24) is 0 Å². The molecule has 0 bridgehead atoms. The summed E-state index contributed by atoms with van der Waals surface area (Å²) in [5.74, 6) is 0. The average Bonchev–Trinajstić information content (AvgIpc) is 2.06. The van der Waals surface area contributed by atoms with Gasteiger partial charge in [-0.15, -0.1) is 0 Å². The van der Waals surface area contributed by atoms with Crippen LogP contribution in [0.2, 0.25) is 0 Å². The van der Waals surface area contributed by atoms with Crippen LogP contribution in [-0.2, 0) is 17.8 Å². The predicted octanol–water partition coefficient (Wildman–Crippen LogP) is 2.95. The van der Waals surface area contributed by atoms with E-state index in [4.69, 9.17) is 4.74 Å². The second-order valence-electron chi connectivity index (χ2n) is 2.92. The molecule has 0 amide bonds. The van der Waals surface area contributed by atoms with Crippen molar-refractivity contribution in [3.05, 3.63) is 42.5 Å². The van der Waals surface area contributed by atoms with E-state index >= 15 is 0 Å². The van der Waals surface area contributed by atoms with E-state index in [1.54, 1.807) is 0 Å². The highest BCUT2D eigenvalue weighted by atomic mass is 16.5. The minimum atomic E-state index is 0.609. The number of rotatable bonds is 4. The van der Waals surface area contributed by atoms with Crippen molar-refractivity contribution >= 4 is 0 Å². The molecule has 0 unspecified atom stereocenters. The second kappa shape index (κ2) is 4.94. The SMILES string of the molecule is [CH2]OCc1cccc(CCC)c1. The lowest BCUT2D eigenvalue weighted by Gasteiger charge is -2.02. The van der Waals surface area contributed by atoms with Gasteiger partial charge < -0.3 is 4.74 Å². The van der Waals surface area contributed by atoms with Crippen LogP contribution in [0.15, 0.2) is 24.3 Å². The third kappa shape index (κ3) is 2.67. The van der Waals surface area contributed by atoms with Crippen LogP contribution < -0.4 is 0 Å². The zero-order chi connectivity index (χ0) is 8.81.